The van der Waals surface area contributed by atoms with E-state index in [1.54, 1.807) is 41.6 Å². The third-order valence-electron chi connectivity index (χ3n) is 14.1. The SMILES string of the molecule is CC1(C)CCC(CN2CCN(c3ccc(C(=O)NS(=O)(=O)c4ccc(NCC5(F)CCCCC5)c([N+](=O)[O-])c4)c(Oc4cnc5[nH]ccc5c4)c3)CC2)=C(C23CC(C)(C2)C3)C1. The lowest BCUT2D eigenvalue weighted by Gasteiger charge is -2.72. The van der Waals surface area contributed by atoms with Crippen molar-refractivity contribution in [3.05, 3.63) is 87.7 Å². The van der Waals surface area contributed by atoms with Gasteiger partial charge in [0.15, 0.2) is 0 Å². The quantitative estimate of drug-likeness (QED) is 0.0671. The highest BCUT2D eigenvalue weighted by molar-refractivity contribution is 7.90. The van der Waals surface area contributed by atoms with Gasteiger partial charge in [0, 0.05) is 68.7 Å². The number of rotatable bonds is 13. The number of nitrogens with zero attached hydrogens (tertiary/aromatic N) is 4. The molecule has 2 aromatic carbocycles. The van der Waals surface area contributed by atoms with Crippen LogP contribution in [0, 0.1) is 26.4 Å². The molecule has 4 saturated carbocycles. The second-order valence-electron chi connectivity index (χ2n) is 19.6. The van der Waals surface area contributed by atoms with Gasteiger partial charge in [-0.3, -0.25) is 19.8 Å². The van der Waals surface area contributed by atoms with Crippen LogP contribution >= 0.6 is 0 Å². The van der Waals surface area contributed by atoms with Gasteiger partial charge in [-0.15, -0.1) is 0 Å². The van der Waals surface area contributed by atoms with Gasteiger partial charge in [0.2, 0.25) is 0 Å². The Morgan fingerprint density at radius 2 is 1.74 bits per heavy atom. The Kier molecular flexibility index (Phi) is 10.4. The summed E-state index contributed by atoms with van der Waals surface area (Å²) in [6.45, 7) is 11.5. The Morgan fingerprint density at radius 3 is 2.46 bits per heavy atom. The van der Waals surface area contributed by atoms with Gasteiger partial charge in [0.05, 0.1) is 21.6 Å². The number of carbonyl (C=O) groups is 1. The molecule has 2 bridgehead atoms. The van der Waals surface area contributed by atoms with Crippen LogP contribution in [0.5, 0.6) is 11.5 Å². The number of halogens is 1. The first-order chi connectivity index (χ1) is 29.0. The molecule has 10 rings (SSSR count). The molecule has 1 aliphatic heterocycles. The number of fused-ring (bicyclic) bond motifs is 1. The number of nitro benzene ring substituents is 1. The van der Waals surface area contributed by atoms with E-state index in [1.165, 1.54) is 50.8 Å². The number of anilines is 2. The predicted octanol–water partition coefficient (Wildman–Crippen LogP) is 9.29. The van der Waals surface area contributed by atoms with Crippen molar-refractivity contribution in [1.82, 2.24) is 19.6 Å². The number of alkyl halides is 1. The monoisotopic (exact) mass is 853 g/mol. The van der Waals surface area contributed by atoms with Crippen LogP contribution in [0.1, 0.15) is 102 Å². The van der Waals surface area contributed by atoms with Gasteiger partial charge >= 0.3 is 0 Å². The van der Waals surface area contributed by atoms with Crippen molar-refractivity contribution in [3.8, 4) is 11.5 Å². The number of pyridine rings is 1. The van der Waals surface area contributed by atoms with E-state index < -0.39 is 37.1 Å². The number of piperazine rings is 1. The highest BCUT2D eigenvalue weighted by Crippen LogP contribution is 2.77. The van der Waals surface area contributed by atoms with Crippen molar-refractivity contribution in [2.24, 2.45) is 16.2 Å². The summed E-state index contributed by atoms with van der Waals surface area (Å²) in [6, 6.07) is 12.0. The maximum atomic E-state index is 15.3. The summed E-state index contributed by atoms with van der Waals surface area (Å²) < 4.78 is 51.1. The summed E-state index contributed by atoms with van der Waals surface area (Å²) in [5.41, 5.74) is 4.18. The number of sulfonamides is 1. The van der Waals surface area contributed by atoms with Gasteiger partial charge in [-0.25, -0.2) is 22.5 Å². The number of hydrogen-bond acceptors (Lipinski definition) is 10. The number of nitro groups is 1. The van der Waals surface area contributed by atoms with Crippen molar-refractivity contribution < 1.29 is 27.3 Å². The molecule has 5 aliphatic carbocycles. The van der Waals surface area contributed by atoms with Crippen LogP contribution in [-0.4, -0.2) is 79.1 Å². The normalized spacial score (nSPS) is 24.8. The van der Waals surface area contributed by atoms with Gasteiger partial charge in [-0.05, 0) is 104 Å². The maximum Gasteiger partial charge on any atom is 0.293 e. The molecule has 0 unspecified atom stereocenters. The molecule has 13 nitrogen and oxygen atoms in total. The molecule has 0 spiro atoms. The standard InChI is InChI=1S/C46H56FN7O6S/c1-43(2)15-11-32(37(24-43)45-27-44(3,28-45)29-45)26-52-17-19-53(20-18-52)33-7-9-36(40(22-33)60-34-21-31-12-16-48-41(31)49-25-34)42(55)51-61(58,59)35-8-10-38(39(23-35)54(56)57)50-30-46(47)13-5-4-6-14-46/h7-10,12,16,21-23,25,50H,4-6,11,13-15,17-20,24,26-30H2,1-3H3,(H,48,49)(H,51,55). The molecule has 324 valence electrons. The van der Waals surface area contributed by atoms with Gasteiger partial charge in [-0.1, -0.05) is 51.2 Å². The first-order valence-electron chi connectivity index (χ1n) is 21.7. The van der Waals surface area contributed by atoms with Crippen molar-refractivity contribution >= 4 is 44.0 Å². The summed E-state index contributed by atoms with van der Waals surface area (Å²) in [5.74, 6) is -0.490. The van der Waals surface area contributed by atoms with Gasteiger partial charge in [0.1, 0.15) is 28.5 Å². The molecule has 0 atom stereocenters. The fourth-order valence-corrected chi connectivity index (χ4v) is 12.0. The molecule has 3 N–H and O–H groups in total. The zero-order valence-corrected chi connectivity index (χ0v) is 36.1. The molecule has 5 fully saturated rings. The molecule has 2 aromatic heterocycles. The highest BCUT2D eigenvalue weighted by Gasteiger charge is 2.66. The number of carbonyl (C=O) groups excluding carboxylic acids is 1. The Bertz CT molecular complexity index is 2500. The Balaban J connectivity index is 0.924. The fourth-order valence-electron chi connectivity index (χ4n) is 11.0. The number of H-pyrrole nitrogens is 1. The molecule has 0 radical (unpaired) electrons. The first kappa shape index (κ1) is 41.3. The molecule has 1 amide bonds. The van der Waals surface area contributed by atoms with E-state index in [0.717, 1.165) is 75.2 Å². The van der Waals surface area contributed by atoms with Crippen LogP contribution in [-0.2, 0) is 10.0 Å². The third-order valence-corrected chi connectivity index (χ3v) is 15.5. The second kappa shape index (κ2) is 15.4. The summed E-state index contributed by atoms with van der Waals surface area (Å²) in [5, 5.41) is 15.7. The van der Waals surface area contributed by atoms with Crippen LogP contribution in [0.2, 0.25) is 0 Å². The van der Waals surface area contributed by atoms with E-state index in [2.05, 4.69) is 50.6 Å². The lowest BCUT2D eigenvalue weighted by molar-refractivity contribution is -0.384. The number of benzene rings is 2. The first-order valence-corrected chi connectivity index (χ1v) is 23.2. The zero-order valence-electron chi connectivity index (χ0n) is 35.3. The van der Waals surface area contributed by atoms with E-state index in [4.69, 9.17) is 4.74 Å². The van der Waals surface area contributed by atoms with Crippen molar-refractivity contribution in [2.75, 3.05) is 49.5 Å². The maximum absolute atomic E-state index is 15.3. The highest BCUT2D eigenvalue weighted by atomic mass is 32.2. The van der Waals surface area contributed by atoms with Crippen LogP contribution in [0.25, 0.3) is 11.0 Å². The van der Waals surface area contributed by atoms with Crippen molar-refractivity contribution in [1.29, 1.82) is 0 Å². The van der Waals surface area contributed by atoms with E-state index >= 15 is 4.39 Å². The molecule has 6 aliphatic rings. The number of ether oxygens (including phenoxy) is 1. The smallest absolute Gasteiger partial charge is 0.293 e. The summed E-state index contributed by atoms with van der Waals surface area (Å²) >= 11 is 0. The van der Waals surface area contributed by atoms with E-state index in [0.29, 0.717) is 40.5 Å². The Hall–Kier alpha value is -5.02. The minimum absolute atomic E-state index is 0.00270. The number of amides is 1. The molecular formula is C46H56FN7O6S. The van der Waals surface area contributed by atoms with Crippen LogP contribution < -0.4 is 19.7 Å². The lowest BCUT2D eigenvalue weighted by atomic mass is 9.33. The number of hydrogen-bond donors (Lipinski definition) is 3. The molecule has 4 aromatic rings. The summed E-state index contributed by atoms with van der Waals surface area (Å²) in [7, 11) is -4.60. The minimum Gasteiger partial charge on any atom is -0.455 e. The summed E-state index contributed by atoms with van der Waals surface area (Å²) in [6.07, 6.45) is 14.0. The Labute approximate surface area is 356 Å². The van der Waals surface area contributed by atoms with Gasteiger partial charge in [-0.2, -0.15) is 0 Å². The van der Waals surface area contributed by atoms with E-state index in [1.807, 2.05) is 6.07 Å². The van der Waals surface area contributed by atoms with E-state index in [-0.39, 0.29) is 23.5 Å². The average Bonchev–Trinajstić information content (AvgIpc) is 3.67. The van der Waals surface area contributed by atoms with Crippen molar-refractivity contribution in [2.45, 2.75) is 102 Å². The average molecular weight is 854 g/mol. The number of aromatic amines is 1. The molecule has 1 saturated heterocycles. The van der Waals surface area contributed by atoms with Crippen molar-refractivity contribution in [3.63, 3.8) is 0 Å². The topological polar surface area (TPSA) is 163 Å². The fraction of sp³-hybridized carbons (Fsp3) is 0.522. The van der Waals surface area contributed by atoms with Crippen LogP contribution in [0.3, 0.4) is 0 Å². The van der Waals surface area contributed by atoms with Gasteiger partial charge in [0.25, 0.3) is 21.6 Å². The van der Waals surface area contributed by atoms with E-state index in [9.17, 15) is 23.3 Å². The number of allylic oxidation sites excluding steroid dienone is 1. The number of aromatic nitrogens is 2. The third kappa shape index (κ3) is 8.35. The molecule has 15 heteroatoms. The number of nitrogens with one attached hydrogen (secondary N) is 3. The zero-order chi connectivity index (χ0) is 42.8. The molecule has 61 heavy (non-hydrogen) atoms. The summed E-state index contributed by atoms with van der Waals surface area (Å²) in [4.78, 5) is 37.1. The largest absolute Gasteiger partial charge is 0.455 e. The predicted molar refractivity (Wildman–Crippen MR) is 233 cm³/mol. The Morgan fingerprint density at radius 1 is 0.984 bits per heavy atom. The van der Waals surface area contributed by atoms with Crippen LogP contribution in [0.15, 0.2) is 77.0 Å². The second-order valence-corrected chi connectivity index (χ2v) is 21.3. The lowest BCUT2D eigenvalue weighted by Crippen LogP contribution is -2.61. The molecular weight excluding hydrogens is 798 g/mol. The van der Waals surface area contributed by atoms with Crippen LogP contribution in [0.4, 0.5) is 21.5 Å². The minimum atomic E-state index is -4.60. The molecule has 3 heterocycles. The van der Waals surface area contributed by atoms with Gasteiger partial charge < -0.3 is 19.9 Å².